The molecule has 0 radical (unpaired) electrons. The van der Waals surface area contributed by atoms with Crippen molar-refractivity contribution in [3.05, 3.63) is 88.5 Å². The third-order valence-electron chi connectivity index (χ3n) is 6.92. The molecule has 6 heteroatoms. The van der Waals surface area contributed by atoms with E-state index in [2.05, 4.69) is 48.4 Å². The second-order valence-corrected chi connectivity index (χ2v) is 8.64. The van der Waals surface area contributed by atoms with Gasteiger partial charge in [-0.05, 0) is 79.8 Å². The Morgan fingerprint density at radius 1 is 1.12 bits per heavy atom. The number of fused-ring (bicyclic) bond motifs is 2. The monoisotopic (exact) mass is 465 g/mol. The highest BCUT2D eigenvalue weighted by Crippen LogP contribution is 2.39. The number of rotatable bonds is 4. The topological polar surface area (TPSA) is 30.3 Å². The van der Waals surface area contributed by atoms with Gasteiger partial charge in [0.2, 0.25) is 0 Å². The summed E-state index contributed by atoms with van der Waals surface area (Å²) in [5, 5.41) is 1.20. The lowest BCUT2D eigenvalue weighted by Crippen LogP contribution is -2.35. The number of halogens is 2. The van der Waals surface area contributed by atoms with Crippen LogP contribution in [0.4, 0.5) is 10.2 Å². The second kappa shape index (κ2) is 9.06. The first-order chi connectivity index (χ1) is 15.5. The molecule has 1 aliphatic rings. The van der Waals surface area contributed by atoms with E-state index in [4.69, 9.17) is 9.72 Å². The first kappa shape index (κ1) is 23.1. The number of hydrogen-bond acceptors (Lipinski definition) is 3. The van der Waals surface area contributed by atoms with Crippen LogP contribution in [0, 0.1) is 19.7 Å². The summed E-state index contributed by atoms with van der Waals surface area (Å²) in [6, 6.07) is 15.5. The average molecular weight is 466 g/mol. The lowest BCUT2D eigenvalue weighted by atomic mass is 9.93. The molecule has 33 heavy (non-hydrogen) atoms. The molecule has 4 nitrogen and oxygen atoms in total. The third kappa shape index (κ3) is 3.95. The third-order valence-corrected chi connectivity index (χ3v) is 6.92. The Hall–Kier alpha value is -3.05. The van der Waals surface area contributed by atoms with E-state index in [0.717, 1.165) is 35.6 Å². The van der Waals surface area contributed by atoms with Crippen molar-refractivity contribution in [2.45, 2.75) is 39.8 Å². The summed E-state index contributed by atoms with van der Waals surface area (Å²) in [6.07, 6.45) is 2.87. The highest BCUT2D eigenvalue weighted by atomic mass is 35.5. The first-order valence-corrected chi connectivity index (χ1v) is 11.1. The van der Waals surface area contributed by atoms with Gasteiger partial charge >= 0.3 is 0 Å². The summed E-state index contributed by atoms with van der Waals surface area (Å²) in [5.74, 6) is 1.66. The maximum Gasteiger partial charge on any atom is 0.153 e. The number of pyridine rings is 1. The number of benzene rings is 2. The van der Waals surface area contributed by atoms with Crippen molar-refractivity contribution in [1.29, 1.82) is 0 Å². The molecule has 0 saturated heterocycles. The maximum atomic E-state index is 13.9. The molecule has 0 fully saturated rings. The van der Waals surface area contributed by atoms with E-state index in [1.165, 1.54) is 33.8 Å². The number of nitrogens with zero attached hydrogens (tertiary/aromatic N) is 3. The van der Waals surface area contributed by atoms with Crippen LogP contribution in [-0.4, -0.2) is 23.2 Å². The van der Waals surface area contributed by atoms with Crippen molar-refractivity contribution in [2.24, 2.45) is 0 Å². The predicted molar refractivity (Wildman–Crippen MR) is 134 cm³/mol. The fourth-order valence-corrected chi connectivity index (χ4v) is 5.01. The standard InChI is InChI=1S/C27H28FN3O.ClH/c1-17-18(2)31(16-20-6-5-7-22(28)14-20)26-24(17)10-12-29-27(26)30-13-11-21-8-9-23(32-4)15-25(21)19(30)3;/h5-10,12,14-15,19H,11,13,16H2,1-4H3;1H. The lowest BCUT2D eigenvalue weighted by Gasteiger charge is -2.37. The molecule has 1 unspecified atom stereocenters. The predicted octanol–water partition coefficient (Wildman–Crippen LogP) is 6.39. The highest BCUT2D eigenvalue weighted by molar-refractivity contribution is 5.94. The molecule has 0 amide bonds. The van der Waals surface area contributed by atoms with E-state index >= 15 is 0 Å². The number of hydrogen-bond donors (Lipinski definition) is 0. The molecule has 5 rings (SSSR count). The summed E-state index contributed by atoms with van der Waals surface area (Å²) in [5.41, 5.74) is 7.14. The zero-order valence-corrected chi connectivity index (χ0v) is 20.2. The second-order valence-electron chi connectivity index (χ2n) is 8.64. The lowest BCUT2D eigenvalue weighted by molar-refractivity contribution is 0.413. The summed E-state index contributed by atoms with van der Waals surface area (Å²) >= 11 is 0. The Bertz CT molecular complexity index is 1320. The molecule has 3 heterocycles. The van der Waals surface area contributed by atoms with Gasteiger partial charge in [-0.2, -0.15) is 0 Å². The Kier molecular flexibility index (Phi) is 6.35. The molecular formula is C27H29ClFN3O. The summed E-state index contributed by atoms with van der Waals surface area (Å²) in [6.45, 7) is 8.04. The number of anilines is 1. The molecular weight excluding hydrogens is 437 g/mol. The van der Waals surface area contributed by atoms with Crippen molar-refractivity contribution < 1.29 is 9.13 Å². The summed E-state index contributed by atoms with van der Waals surface area (Å²) in [7, 11) is 1.71. The number of methoxy groups -OCH3 is 1. The zero-order chi connectivity index (χ0) is 22.4. The van der Waals surface area contributed by atoms with Crippen LogP contribution in [0.5, 0.6) is 5.75 Å². The Labute approximate surface area is 200 Å². The molecule has 172 valence electrons. The van der Waals surface area contributed by atoms with Gasteiger partial charge in [0.05, 0.1) is 18.7 Å². The average Bonchev–Trinajstić information content (AvgIpc) is 3.04. The van der Waals surface area contributed by atoms with E-state index in [-0.39, 0.29) is 24.3 Å². The van der Waals surface area contributed by atoms with Crippen LogP contribution < -0.4 is 9.64 Å². The van der Waals surface area contributed by atoms with Crippen molar-refractivity contribution in [2.75, 3.05) is 18.6 Å². The van der Waals surface area contributed by atoms with Crippen LogP contribution in [-0.2, 0) is 13.0 Å². The highest BCUT2D eigenvalue weighted by Gasteiger charge is 2.28. The molecule has 1 aliphatic heterocycles. The van der Waals surface area contributed by atoms with E-state index in [9.17, 15) is 4.39 Å². The molecule has 0 N–H and O–H groups in total. The van der Waals surface area contributed by atoms with Crippen LogP contribution in [0.3, 0.4) is 0 Å². The molecule has 2 aromatic carbocycles. The molecule has 0 spiro atoms. The quantitative estimate of drug-likeness (QED) is 0.349. The van der Waals surface area contributed by atoms with E-state index < -0.39 is 0 Å². The van der Waals surface area contributed by atoms with Crippen LogP contribution in [0.25, 0.3) is 10.9 Å². The van der Waals surface area contributed by atoms with Gasteiger partial charge in [0.25, 0.3) is 0 Å². The molecule has 0 saturated carbocycles. The summed E-state index contributed by atoms with van der Waals surface area (Å²) < 4.78 is 21.6. The molecule has 0 bridgehead atoms. The van der Waals surface area contributed by atoms with Gasteiger partial charge in [-0.3, -0.25) is 0 Å². The van der Waals surface area contributed by atoms with Gasteiger partial charge < -0.3 is 14.2 Å². The first-order valence-electron chi connectivity index (χ1n) is 11.1. The van der Waals surface area contributed by atoms with Crippen LogP contribution in [0.2, 0.25) is 0 Å². The maximum absolute atomic E-state index is 13.9. The number of aryl methyl sites for hydroxylation is 1. The normalized spacial score (nSPS) is 15.3. The minimum absolute atomic E-state index is 0. The van der Waals surface area contributed by atoms with Gasteiger partial charge in [0.15, 0.2) is 5.82 Å². The minimum atomic E-state index is -0.207. The van der Waals surface area contributed by atoms with E-state index in [1.54, 1.807) is 19.2 Å². The Morgan fingerprint density at radius 3 is 2.70 bits per heavy atom. The van der Waals surface area contributed by atoms with Gasteiger partial charge in [0.1, 0.15) is 11.6 Å². The van der Waals surface area contributed by atoms with Gasteiger partial charge in [0, 0.05) is 30.4 Å². The van der Waals surface area contributed by atoms with Gasteiger partial charge in [-0.1, -0.05) is 18.2 Å². The fourth-order valence-electron chi connectivity index (χ4n) is 5.01. The molecule has 1 atom stereocenters. The largest absolute Gasteiger partial charge is 0.497 e. The van der Waals surface area contributed by atoms with Crippen LogP contribution in [0.15, 0.2) is 54.7 Å². The minimum Gasteiger partial charge on any atom is -0.497 e. The molecule has 2 aromatic heterocycles. The zero-order valence-electron chi connectivity index (χ0n) is 19.4. The van der Waals surface area contributed by atoms with Gasteiger partial charge in [-0.15, -0.1) is 12.4 Å². The van der Waals surface area contributed by atoms with E-state index in [1.807, 2.05) is 18.3 Å². The Morgan fingerprint density at radius 2 is 1.94 bits per heavy atom. The summed E-state index contributed by atoms with van der Waals surface area (Å²) in [4.78, 5) is 7.26. The van der Waals surface area contributed by atoms with Crippen LogP contribution >= 0.6 is 12.4 Å². The van der Waals surface area contributed by atoms with Crippen molar-refractivity contribution in [3.8, 4) is 5.75 Å². The number of aromatic nitrogens is 2. The fraction of sp³-hybridized carbons (Fsp3) is 0.296. The van der Waals surface area contributed by atoms with Crippen molar-refractivity contribution in [3.63, 3.8) is 0 Å². The van der Waals surface area contributed by atoms with Crippen LogP contribution in [0.1, 0.15) is 40.9 Å². The van der Waals surface area contributed by atoms with E-state index in [0.29, 0.717) is 6.54 Å². The van der Waals surface area contributed by atoms with Crippen molar-refractivity contribution >= 4 is 29.1 Å². The van der Waals surface area contributed by atoms with Gasteiger partial charge in [-0.25, -0.2) is 9.37 Å². The number of ether oxygens (including phenoxy) is 1. The molecule has 4 aromatic rings. The smallest absolute Gasteiger partial charge is 0.153 e. The Balaban J connectivity index is 0.00000259. The van der Waals surface area contributed by atoms with Crippen molar-refractivity contribution in [1.82, 2.24) is 9.55 Å². The SMILES string of the molecule is COc1ccc2c(c1)C(C)N(c1nccc3c(C)c(C)n(Cc4cccc(F)c4)c13)CC2.Cl. The molecule has 0 aliphatic carbocycles.